The molecule has 0 aromatic heterocycles. The molecule has 3 aromatic carbocycles. The Bertz CT molecular complexity index is 1520. The van der Waals surface area contributed by atoms with Crippen LogP contribution in [0.4, 0.5) is 5.69 Å². The predicted octanol–water partition coefficient (Wildman–Crippen LogP) is 6.02. The second kappa shape index (κ2) is 11.3. The number of benzene rings is 3. The summed E-state index contributed by atoms with van der Waals surface area (Å²) in [6.07, 6.45) is 0.948. The zero-order valence-electron chi connectivity index (χ0n) is 23.5. The summed E-state index contributed by atoms with van der Waals surface area (Å²) in [7, 11) is 4.82. The number of dihydropyridines is 1. The van der Waals surface area contributed by atoms with Gasteiger partial charge in [-0.1, -0.05) is 35.9 Å². The Morgan fingerprint density at radius 2 is 1.60 bits per heavy atom. The number of aryl methyl sites for hydroxylation is 1. The Morgan fingerprint density at radius 1 is 0.850 bits per heavy atom. The molecule has 2 N–H and O–H groups in total. The van der Waals surface area contributed by atoms with Crippen molar-refractivity contribution in [3.8, 4) is 17.2 Å². The maximum Gasteiger partial charge on any atom is 0.254 e. The molecule has 2 unspecified atom stereocenters. The minimum Gasteiger partial charge on any atom is -0.497 e. The molecule has 3 aromatic rings. The number of ketones is 1. The van der Waals surface area contributed by atoms with Crippen molar-refractivity contribution in [2.24, 2.45) is 0 Å². The van der Waals surface area contributed by atoms with Crippen molar-refractivity contribution in [2.45, 2.75) is 38.5 Å². The van der Waals surface area contributed by atoms with Crippen LogP contribution in [-0.4, -0.2) is 33.0 Å². The van der Waals surface area contributed by atoms with Crippen LogP contribution in [-0.2, 0) is 9.59 Å². The van der Waals surface area contributed by atoms with Crippen LogP contribution in [0.1, 0.15) is 48.3 Å². The SMILES string of the molecule is COc1cccc(C2C(C(=O)Nc3ccc(C)cc3)=C(C)NC3=C2C(=O)CC(c2ccc(OC)c(OC)c2)C3)c1. The van der Waals surface area contributed by atoms with E-state index >= 15 is 0 Å². The summed E-state index contributed by atoms with van der Waals surface area (Å²) in [4.78, 5) is 27.8. The number of amides is 1. The van der Waals surface area contributed by atoms with Crippen LogP contribution >= 0.6 is 0 Å². The molecule has 206 valence electrons. The Hall–Kier alpha value is -4.52. The monoisotopic (exact) mass is 538 g/mol. The molecule has 7 nitrogen and oxygen atoms in total. The van der Waals surface area contributed by atoms with Crippen molar-refractivity contribution < 1.29 is 23.8 Å². The fourth-order valence-corrected chi connectivity index (χ4v) is 5.67. The molecule has 1 aliphatic heterocycles. The third kappa shape index (κ3) is 5.19. The fourth-order valence-electron chi connectivity index (χ4n) is 5.67. The van der Waals surface area contributed by atoms with Crippen LogP contribution < -0.4 is 24.8 Å². The number of hydrogen-bond acceptors (Lipinski definition) is 6. The highest BCUT2D eigenvalue weighted by atomic mass is 16.5. The van der Waals surface area contributed by atoms with E-state index in [9.17, 15) is 9.59 Å². The average Bonchev–Trinajstić information content (AvgIpc) is 2.97. The highest BCUT2D eigenvalue weighted by molar-refractivity contribution is 6.10. The molecule has 1 amide bonds. The summed E-state index contributed by atoms with van der Waals surface area (Å²) >= 11 is 0. The quantitative estimate of drug-likeness (QED) is 0.383. The van der Waals surface area contributed by atoms with E-state index in [0.717, 1.165) is 28.1 Å². The van der Waals surface area contributed by atoms with Crippen molar-refractivity contribution in [2.75, 3.05) is 26.6 Å². The third-order valence-electron chi connectivity index (χ3n) is 7.69. The predicted molar refractivity (Wildman–Crippen MR) is 155 cm³/mol. The zero-order chi connectivity index (χ0) is 28.4. The first kappa shape index (κ1) is 27.1. The topological polar surface area (TPSA) is 85.9 Å². The summed E-state index contributed by atoms with van der Waals surface area (Å²) < 4.78 is 16.4. The van der Waals surface area contributed by atoms with Crippen LogP contribution in [0.5, 0.6) is 17.2 Å². The lowest BCUT2D eigenvalue weighted by Gasteiger charge is -2.37. The van der Waals surface area contributed by atoms with Gasteiger partial charge in [-0.25, -0.2) is 0 Å². The van der Waals surface area contributed by atoms with E-state index in [2.05, 4.69) is 10.6 Å². The molecular formula is C33H34N2O5. The van der Waals surface area contributed by atoms with E-state index in [1.165, 1.54) is 0 Å². The number of anilines is 1. The molecule has 7 heteroatoms. The summed E-state index contributed by atoms with van der Waals surface area (Å²) in [5.41, 5.74) is 6.35. The average molecular weight is 539 g/mol. The van der Waals surface area contributed by atoms with Gasteiger partial charge < -0.3 is 24.8 Å². The highest BCUT2D eigenvalue weighted by Crippen LogP contribution is 2.47. The Morgan fingerprint density at radius 3 is 2.30 bits per heavy atom. The molecule has 40 heavy (non-hydrogen) atoms. The third-order valence-corrected chi connectivity index (χ3v) is 7.69. The Kier molecular flexibility index (Phi) is 7.65. The van der Waals surface area contributed by atoms with Crippen molar-refractivity contribution in [3.05, 3.63) is 106 Å². The van der Waals surface area contributed by atoms with E-state index in [4.69, 9.17) is 14.2 Å². The van der Waals surface area contributed by atoms with Gasteiger partial charge in [0.2, 0.25) is 0 Å². The zero-order valence-corrected chi connectivity index (χ0v) is 23.5. The smallest absolute Gasteiger partial charge is 0.254 e. The molecule has 0 saturated heterocycles. The normalized spacial score (nSPS) is 18.6. The highest BCUT2D eigenvalue weighted by Gasteiger charge is 2.41. The van der Waals surface area contributed by atoms with Gasteiger partial charge in [0.1, 0.15) is 5.75 Å². The second-order valence-corrected chi connectivity index (χ2v) is 10.2. The molecule has 5 rings (SSSR count). The molecule has 1 aliphatic carbocycles. The van der Waals surface area contributed by atoms with Crippen molar-refractivity contribution in [1.82, 2.24) is 5.32 Å². The lowest BCUT2D eigenvalue weighted by atomic mass is 9.71. The van der Waals surface area contributed by atoms with E-state index in [1.54, 1.807) is 21.3 Å². The van der Waals surface area contributed by atoms with Crippen LogP contribution in [0.15, 0.2) is 89.3 Å². The van der Waals surface area contributed by atoms with Gasteiger partial charge in [-0.15, -0.1) is 0 Å². The van der Waals surface area contributed by atoms with Crippen LogP contribution in [0, 0.1) is 6.92 Å². The van der Waals surface area contributed by atoms with Gasteiger partial charge in [-0.05, 0) is 73.7 Å². The number of hydrogen-bond donors (Lipinski definition) is 2. The molecule has 2 atom stereocenters. The molecule has 0 spiro atoms. The first-order valence-electron chi connectivity index (χ1n) is 13.3. The maximum absolute atomic E-state index is 14.0. The number of methoxy groups -OCH3 is 3. The minimum atomic E-state index is -0.532. The van der Waals surface area contributed by atoms with Crippen LogP contribution in [0.3, 0.4) is 0 Å². The first-order chi connectivity index (χ1) is 19.3. The largest absolute Gasteiger partial charge is 0.497 e. The Labute approximate surface area is 234 Å². The standard InChI is InChI=1S/C33H34N2O5/c1-19-9-12-24(13-10-19)35-33(37)30-20(2)34-26-16-23(21-11-14-28(39-4)29(18-21)40-5)17-27(36)32(26)31(30)22-7-6-8-25(15-22)38-3/h6-15,18,23,31,34H,16-17H2,1-5H3,(H,35,37). The molecule has 1 heterocycles. The van der Waals surface area contributed by atoms with Crippen LogP contribution in [0.25, 0.3) is 0 Å². The van der Waals surface area contributed by atoms with E-state index in [0.29, 0.717) is 46.9 Å². The van der Waals surface area contributed by atoms with Crippen molar-refractivity contribution in [1.29, 1.82) is 0 Å². The summed E-state index contributed by atoms with van der Waals surface area (Å²) in [5, 5.41) is 6.48. The molecule has 0 saturated carbocycles. The maximum atomic E-state index is 14.0. The lowest BCUT2D eigenvalue weighted by molar-refractivity contribution is -0.116. The molecular weight excluding hydrogens is 504 g/mol. The van der Waals surface area contributed by atoms with Gasteiger partial charge in [0.05, 0.1) is 21.3 Å². The molecule has 2 aliphatic rings. The van der Waals surface area contributed by atoms with E-state index in [-0.39, 0.29) is 17.6 Å². The molecule has 0 radical (unpaired) electrons. The van der Waals surface area contributed by atoms with E-state index in [1.807, 2.05) is 80.6 Å². The first-order valence-corrected chi connectivity index (χ1v) is 13.3. The fraction of sp³-hybridized carbons (Fsp3) is 0.273. The van der Waals surface area contributed by atoms with Crippen molar-refractivity contribution >= 4 is 17.4 Å². The minimum absolute atomic E-state index is 0.00879. The lowest BCUT2D eigenvalue weighted by Crippen LogP contribution is -2.37. The van der Waals surface area contributed by atoms with Gasteiger partial charge in [0, 0.05) is 40.6 Å². The van der Waals surface area contributed by atoms with Gasteiger partial charge >= 0.3 is 0 Å². The number of carbonyl (C=O) groups is 2. The van der Waals surface area contributed by atoms with E-state index < -0.39 is 5.92 Å². The number of Topliss-reactive ketones (excluding diaryl/α,β-unsaturated/α-hetero) is 1. The van der Waals surface area contributed by atoms with Gasteiger partial charge in [-0.2, -0.15) is 0 Å². The van der Waals surface area contributed by atoms with Crippen molar-refractivity contribution in [3.63, 3.8) is 0 Å². The molecule has 0 bridgehead atoms. The summed E-state index contributed by atoms with van der Waals surface area (Å²) in [6.45, 7) is 3.89. The number of ether oxygens (including phenoxy) is 3. The number of allylic oxidation sites excluding steroid dienone is 3. The van der Waals surface area contributed by atoms with Gasteiger partial charge in [-0.3, -0.25) is 9.59 Å². The number of rotatable bonds is 7. The van der Waals surface area contributed by atoms with Crippen LogP contribution in [0.2, 0.25) is 0 Å². The summed E-state index contributed by atoms with van der Waals surface area (Å²) in [6, 6.07) is 21.1. The Balaban J connectivity index is 1.55. The molecule has 0 fully saturated rings. The van der Waals surface area contributed by atoms with Gasteiger partial charge in [0.25, 0.3) is 5.91 Å². The second-order valence-electron chi connectivity index (χ2n) is 10.2. The summed E-state index contributed by atoms with van der Waals surface area (Å²) in [5.74, 6) is 1.13. The number of nitrogens with one attached hydrogen (secondary N) is 2. The van der Waals surface area contributed by atoms with Gasteiger partial charge in [0.15, 0.2) is 17.3 Å². The number of carbonyl (C=O) groups excluding carboxylic acids is 2.